The highest BCUT2D eigenvalue weighted by atomic mass is 16.4. The molecule has 0 unspecified atom stereocenters. The SMILES string of the molecule is CCCCC(CCCCCCCCCC(=O)O)(CCCCCCCCCC(=O)O)C(CCCCCCCCCC(=O)O)(CCCCCCCCCC(=O)O)C(CCCCCCCCCC(=O)O)(CCCCCCCCCC(=O)O)C(=O)O. The Labute approximate surface area is 498 Å². The molecule has 0 spiro atoms. The van der Waals surface area contributed by atoms with E-state index in [1.54, 1.807) is 0 Å². The van der Waals surface area contributed by atoms with Gasteiger partial charge in [-0.15, -0.1) is 0 Å². The largest absolute Gasteiger partial charge is 0.481 e. The predicted molar refractivity (Wildman–Crippen MR) is 330 cm³/mol. The Morgan fingerprint density at radius 2 is 0.390 bits per heavy atom. The molecule has 0 radical (unpaired) electrons. The zero-order valence-electron chi connectivity index (χ0n) is 52.3. The Morgan fingerprint density at radius 1 is 0.220 bits per heavy atom. The molecule has 7 N–H and O–H groups in total. The van der Waals surface area contributed by atoms with Crippen molar-refractivity contribution >= 4 is 41.8 Å². The molecule has 82 heavy (non-hydrogen) atoms. The summed E-state index contributed by atoms with van der Waals surface area (Å²) in [5.41, 5.74) is -1.77. The summed E-state index contributed by atoms with van der Waals surface area (Å²) in [7, 11) is 0. The highest BCUT2D eigenvalue weighted by molar-refractivity contribution is 5.76. The molecular weight excluding hydrogens is 1040 g/mol. The molecule has 0 aromatic carbocycles. The molecule has 480 valence electrons. The van der Waals surface area contributed by atoms with Gasteiger partial charge in [-0.25, -0.2) is 0 Å². The average molecular weight is 1170 g/mol. The monoisotopic (exact) mass is 1160 g/mol. The Balaban J connectivity index is 7.84. The fourth-order valence-electron chi connectivity index (χ4n) is 13.9. The van der Waals surface area contributed by atoms with E-state index in [0.717, 1.165) is 276 Å². The summed E-state index contributed by atoms with van der Waals surface area (Å²) in [6, 6.07) is 0. The second kappa shape index (κ2) is 52.8. The van der Waals surface area contributed by atoms with Gasteiger partial charge in [0.05, 0.1) is 5.41 Å². The standard InChI is InChI=1S/C68H124O14/c1-2-3-52-66(53-40-28-16-4-10-22-34-46-59(69)70,54-41-29-17-5-11-23-35-47-60(71)72)68(57-44-32-20-8-14-26-38-50-63(77)78,58-45-33-21-9-15-27-39-51-64(79)80)67(65(81)82,55-42-30-18-6-12-24-36-48-61(73)74)56-43-31-19-7-13-25-37-49-62(75)76/h2-58H2,1H3,(H,69,70)(H,71,72)(H,73,74)(H,75,76)(H,77,78)(H,79,80)(H,81,82). The van der Waals surface area contributed by atoms with Gasteiger partial charge in [-0.2, -0.15) is 0 Å². The van der Waals surface area contributed by atoms with Crippen LogP contribution in [0.5, 0.6) is 0 Å². The number of carboxylic acid groups (broad SMARTS) is 7. The number of hydrogen-bond donors (Lipinski definition) is 7. The van der Waals surface area contributed by atoms with Gasteiger partial charge in [0.25, 0.3) is 0 Å². The van der Waals surface area contributed by atoms with Gasteiger partial charge in [-0.3, -0.25) is 33.6 Å². The van der Waals surface area contributed by atoms with Gasteiger partial charge in [0.2, 0.25) is 0 Å². The highest BCUT2D eigenvalue weighted by Crippen LogP contribution is 2.67. The number of rotatable bonds is 66. The van der Waals surface area contributed by atoms with Crippen LogP contribution >= 0.6 is 0 Å². The summed E-state index contributed by atoms with van der Waals surface area (Å²) in [5.74, 6) is -5.21. The molecule has 0 fully saturated rings. The number of unbranched alkanes of at least 4 members (excludes halogenated alkanes) is 37. The molecule has 0 atom stereocenters. The zero-order chi connectivity index (χ0) is 60.8. The van der Waals surface area contributed by atoms with Gasteiger partial charge in [0.15, 0.2) is 0 Å². The highest BCUT2D eigenvalue weighted by Gasteiger charge is 2.63. The predicted octanol–water partition coefficient (Wildman–Crippen LogP) is 19.8. The molecule has 0 heterocycles. The summed E-state index contributed by atoms with van der Waals surface area (Å²) in [6.45, 7) is 2.27. The van der Waals surface area contributed by atoms with Gasteiger partial charge in [-0.1, -0.05) is 251 Å². The van der Waals surface area contributed by atoms with E-state index in [2.05, 4.69) is 6.92 Å². The minimum Gasteiger partial charge on any atom is -0.481 e. The molecule has 0 saturated carbocycles. The van der Waals surface area contributed by atoms with Crippen molar-refractivity contribution in [2.75, 3.05) is 0 Å². The molecule has 0 amide bonds. The smallest absolute Gasteiger partial charge is 0.310 e. The number of hydrogen-bond acceptors (Lipinski definition) is 7. The van der Waals surface area contributed by atoms with Crippen LogP contribution in [-0.2, 0) is 33.6 Å². The lowest BCUT2D eigenvalue weighted by molar-refractivity contribution is -0.184. The summed E-state index contributed by atoms with van der Waals surface area (Å²) in [6.07, 6.45) is 47.8. The molecular formula is C68H124O14. The summed E-state index contributed by atoms with van der Waals surface area (Å²) >= 11 is 0. The van der Waals surface area contributed by atoms with Gasteiger partial charge < -0.3 is 35.7 Å². The quantitative estimate of drug-likeness (QED) is 0.0280. The summed E-state index contributed by atoms with van der Waals surface area (Å²) < 4.78 is 0. The second-order valence-electron chi connectivity index (χ2n) is 25.1. The molecule has 14 heteroatoms. The molecule has 0 rings (SSSR count). The van der Waals surface area contributed by atoms with Gasteiger partial charge in [0, 0.05) is 38.5 Å². The molecule has 0 aliphatic rings. The first kappa shape index (κ1) is 78.3. The maximum Gasteiger partial charge on any atom is 0.310 e. The van der Waals surface area contributed by atoms with Crippen molar-refractivity contribution in [3.05, 3.63) is 0 Å². The maximum atomic E-state index is 15.4. The van der Waals surface area contributed by atoms with E-state index in [4.69, 9.17) is 0 Å². The molecule has 0 aromatic rings. The van der Waals surface area contributed by atoms with Crippen LogP contribution in [0.15, 0.2) is 0 Å². The van der Waals surface area contributed by atoms with Crippen molar-refractivity contribution in [3.63, 3.8) is 0 Å². The van der Waals surface area contributed by atoms with E-state index in [9.17, 15) is 64.5 Å². The zero-order valence-corrected chi connectivity index (χ0v) is 52.3. The number of carbonyl (C=O) groups is 7. The van der Waals surface area contributed by atoms with Crippen LogP contribution in [0.4, 0.5) is 0 Å². The first-order chi connectivity index (χ1) is 39.5. The molecule has 0 aliphatic carbocycles. The van der Waals surface area contributed by atoms with Crippen molar-refractivity contribution in [1.82, 2.24) is 0 Å². The van der Waals surface area contributed by atoms with E-state index in [-0.39, 0.29) is 43.9 Å². The topological polar surface area (TPSA) is 261 Å². The molecule has 0 saturated heterocycles. The second-order valence-corrected chi connectivity index (χ2v) is 25.1. The minimum absolute atomic E-state index is 0.177. The summed E-state index contributed by atoms with van der Waals surface area (Å²) in [5, 5.41) is 68.0. The van der Waals surface area contributed by atoms with Crippen LogP contribution in [0.2, 0.25) is 0 Å². The third kappa shape index (κ3) is 40.5. The Kier molecular flexibility index (Phi) is 50.4. The Morgan fingerprint density at radius 3 is 0.585 bits per heavy atom. The number of carboxylic acids is 7. The van der Waals surface area contributed by atoms with Crippen LogP contribution in [0.25, 0.3) is 0 Å². The van der Waals surface area contributed by atoms with Gasteiger partial charge in [0.1, 0.15) is 0 Å². The fraction of sp³-hybridized carbons (Fsp3) is 0.897. The van der Waals surface area contributed by atoms with Crippen LogP contribution < -0.4 is 0 Å². The first-order valence-electron chi connectivity index (χ1n) is 34.0. The molecule has 0 aromatic heterocycles. The van der Waals surface area contributed by atoms with E-state index in [0.29, 0.717) is 51.4 Å². The lowest BCUT2D eigenvalue weighted by Gasteiger charge is -2.61. The van der Waals surface area contributed by atoms with Crippen molar-refractivity contribution in [2.45, 2.75) is 373 Å². The Bertz CT molecular complexity index is 1530. The normalized spacial score (nSPS) is 12.0. The average Bonchev–Trinajstić information content (AvgIpc) is 2.04. The maximum absolute atomic E-state index is 15.4. The van der Waals surface area contributed by atoms with Crippen LogP contribution in [-0.4, -0.2) is 77.5 Å². The van der Waals surface area contributed by atoms with Crippen molar-refractivity contribution in [2.24, 2.45) is 16.2 Å². The van der Waals surface area contributed by atoms with E-state index in [1.165, 1.54) is 0 Å². The van der Waals surface area contributed by atoms with Crippen molar-refractivity contribution in [3.8, 4) is 0 Å². The van der Waals surface area contributed by atoms with Gasteiger partial charge >= 0.3 is 41.8 Å². The molecule has 0 aliphatic heterocycles. The van der Waals surface area contributed by atoms with Gasteiger partial charge in [-0.05, 0) is 94.3 Å². The third-order valence-electron chi connectivity index (χ3n) is 18.4. The van der Waals surface area contributed by atoms with Crippen LogP contribution in [0.3, 0.4) is 0 Å². The molecule has 14 nitrogen and oxygen atoms in total. The third-order valence-corrected chi connectivity index (χ3v) is 18.4. The van der Waals surface area contributed by atoms with E-state index >= 15 is 4.79 Å². The molecule has 0 bridgehead atoms. The van der Waals surface area contributed by atoms with Crippen LogP contribution in [0.1, 0.15) is 373 Å². The van der Waals surface area contributed by atoms with E-state index in [1.807, 2.05) is 0 Å². The van der Waals surface area contributed by atoms with Crippen molar-refractivity contribution < 1.29 is 69.3 Å². The minimum atomic E-state index is -0.994. The van der Waals surface area contributed by atoms with Crippen molar-refractivity contribution in [1.29, 1.82) is 0 Å². The fourth-order valence-corrected chi connectivity index (χ4v) is 13.9. The Hall–Kier alpha value is -3.71. The lowest BCUT2D eigenvalue weighted by atomic mass is 9.42. The van der Waals surface area contributed by atoms with E-state index < -0.39 is 52.6 Å². The summed E-state index contributed by atoms with van der Waals surface area (Å²) in [4.78, 5) is 82.8. The first-order valence-corrected chi connectivity index (χ1v) is 34.0. The van der Waals surface area contributed by atoms with Crippen LogP contribution in [0, 0.1) is 16.2 Å². The lowest BCUT2D eigenvalue weighted by Crippen LogP contribution is -2.58. The number of aliphatic carboxylic acids is 7.